The van der Waals surface area contributed by atoms with Crippen LogP contribution in [0.5, 0.6) is 0 Å². The first-order valence-electron chi connectivity index (χ1n) is 8.36. The lowest BCUT2D eigenvalue weighted by atomic mass is 10.1. The van der Waals surface area contributed by atoms with E-state index in [1.165, 1.54) is 0 Å². The number of carbonyl (C=O) groups is 2. The number of benzene rings is 2. The van der Waals surface area contributed by atoms with Gasteiger partial charge >= 0.3 is 0 Å². The van der Waals surface area contributed by atoms with Crippen molar-refractivity contribution in [2.45, 2.75) is 20.8 Å². The Morgan fingerprint density at radius 2 is 1.72 bits per heavy atom. The average Bonchev–Trinajstić information content (AvgIpc) is 2.54. The number of anilines is 2. The Balaban J connectivity index is 2.02. The van der Waals surface area contributed by atoms with Crippen LogP contribution >= 0.6 is 0 Å². The van der Waals surface area contributed by atoms with Gasteiger partial charge in [-0.2, -0.15) is 0 Å². The van der Waals surface area contributed by atoms with Crippen LogP contribution in [0.2, 0.25) is 0 Å². The first-order valence-corrected chi connectivity index (χ1v) is 8.36. The Morgan fingerprint density at radius 1 is 1.04 bits per heavy atom. The van der Waals surface area contributed by atoms with Gasteiger partial charge in [0.25, 0.3) is 5.91 Å². The van der Waals surface area contributed by atoms with Crippen LogP contribution in [0.25, 0.3) is 0 Å². The van der Waals surface area contributed by atoms with Crippen molar-refractivity contribution in [2.24, 2.45) is 0 Å². The largest absolute Gasteiger partial charge is 0.365 e. The second-order valence-corrected chi connectivity index (χ2v) is 6.19. The summed E-state index contributed by atoms with van der Waals surface area (Å²) < 4.78 is 0. The van der Waals surface area contributed by atoms with E-state index in [9.17, 15) is 9.59 Å². The smallest absolute Gasteiger partial charge is 0.251 e. The van der Waals surface area contributed by atoms with E-state index in [2.05, 4.69) is 28.8 Å². The average molecular weight is 339 g/mol. The third-order valence-electron chi connectivity index (χ3n) is 3.77. The quantitative estimate of drug-likeness (QED) is 0.850. The van der Waals surface area contributed by atoms with Gasteiger partial charge in [-0.25, -0.2) is 0 Å². The summed E-state index contributed by atoms with van der Waals surface area (Å²) in [5, 5.41) is 5.60. The molecule has 5 nitrogen and oxygen atoms in total. The molecule has 0 bridgehead atoms. The van der Waals surface area contributed by atoms with E-state index in [0.717, 1.165) is 16.8 Å². The van der Waals surface area contributed by atoms with Gasteiger partial charge in [0.2, 0.25) is 5.91 Å². The molecule has 0 radical (unpaired) electrons. The molecule has 0 aliphatic rings. The van der Waals surface area contributed by atoms with Crippen molar-refractivity contribution >= 4 is 23.2 Å². The van der Waals surface area contributed by atoms with Gasteiger partial charge in [-0.1, -0.05) is 12.1 Å². The zero-order valence-electron chi connectivity index (χ0n) is 15.2. The fraction of sp³-hybridized carbons (Fsp3) is 0.300. The Morgan fingerprint density at radius 3 is 2.36 bits per heavy atom. The topological polar surface area (TPSA) is 61.4 Å². The molecule has 132 valence electrons. The molecule has 0 saturated carbocycles. The van der Waals surface area contributed by atoms with Crippen molar-refractivity contribution in [1.29, 1.82) is 0 Å². The second-order valence-electron chi connectivity index (χ2n) is 6.19. The summed E-state index contributed by atoms with van der Waals surface area (Å²) in [6.45, 7) is 6.74. The van der Waals surface area contributed by atoms with E-state index in [1.807, 2.05) is 32.7 Å². The maximum atomic E-state index is 12.3. The van der Waals surface area contributed by atoms with Gasteiger partial charge in [0.15, 0.2) is 0 Å². The number of hydrogen-bond donors (Lipinski definition) is 2. The molecule has 0 aliphatic heterocycles. The van der Waals surface area contributed by atoms with Gasteiger partial charge in [-0.15, -0.1) is 0 Å². The molecule has 0 fully saturated rings. The van der Waals surface area contributed by atoms with Crippen LogP contribution in [0, 0.1) is 13.8 Å². The van der Waals surface area contributed by atoms with Crippen molar-refractivity contribution in [1.82, 2.24) is 5.32 Å². The fourth-order valence-electron chi connectivity index (χ4n) is 2.68. The third kappa shape index (κ3) is 5.35. The lowest BCUT2D eigenvalue weighted by Crippen LogP contribution is -2.30. The lowest BCUT2D eigenvalue weighted by Gasteiger charge is -2.20. The summed E-state index contributed by atoms with van der Waals surface area (Å²) in [5.41, 5.74) is 4.47. The number of nitrogens with one attached hydrogen (secondary N) is 2. The van der Waals surface area contributed by atoms with Crippen LogP contribution in [0.4, 0.5) is 11.4 Å². The standard InChI is InChI=1S/C20H25N3O2/c1-5-21-20(25)16-7-6-8-17(12-16)22-19(24)13-23(4)18-10-14(2)9-15(3)11-18/h6-12H,5,13H2,1-4H3,(H,21,25)(H,22,24). The Bertz CT molecular complexity index is 751. The highest BCUT2D eigenvalue weighted by atomic mass is 16.2. The van der Waals surface area contributed by atoms with Crippen LogP contribution in [0.3, 0.4) is 0 Å². The second kappa shape index (κ2) is 8.33. The molecule has 0 atom stereocenters. The van der Waals surface area contributed by atoms with Gasteiger partial charge < -0.3 is 15.5 Å². The van der Waals surface area contributed by atoms with Gasteiger partial charge in [-0.05, 0) is 62.2 Å². The summed E-state index contributed by atoms with van der Waals surface area (Å²) in [6.07, 6.45) is 0. The van der Waals surface area contributed by atoms with Crippen LogP contribution in [0.1, 0.15) is 28.4 Å². The molecule has 5 heteroatoms. The van der Waals surface area contributed by atoms with Crippen LogP contribution in [-0.2, 0) is 4.79 Å². The van der Waals surface area contributed by atoms with E-state index < -0.39 is 0 Å². The molecule has 0 spiro atoms. The van der Waals surface area contributed by atoms with E-state index in [-0.39, 0.29) is 18.4 Å². The lowest BCUT2D eigenvalue weighted by molar-refractivity contribution is -0.114. The van der Waals surface area contributed by atoms with Crippen LogP contribution in [0.15, 0.2) is 42.5 Å². The number of hydrogen-bond acceptors (Lipinski definition) is 3. The molecule has 0 aliphatic carbocycles. The molecule has 0 saturated heterocycles. The molecule has 0 aromatic heterocycles. The Kier molecular flexibility index (Phi) is 6.17. The van der Waals surface area contributed by atoms with Crippen molar-refractivity contribution < 1.29 is 9.59 Å². The minimum absolute atomic E-state index is 0.130. The number of rotatable bonds is 6. The van der Waals surface area contributed by atoms with E-state index >= 15 is 0 Å². The number of aryl methyl sites for hydroxylation is 2. The minimum Gasteiger partial charge on any atom is -0.365 e. The first-order chi connectivity index (χ1) is 11.9. The fourth-order valence-corrected chi connectivity index (χ4v) is 2.68. The molecule has 2 rings (SSSR count). The molecular weight excluding hydrogens is 314 g/mol. The van der Waals surface area contributed by atoms with Crippen molar-refractivity contribution in [3.8, 4) is 0 Å². The van der Waals surface area contributed by atoms with Gasteiger partial charge in [0, 0.05) is 30.5 Å². The summed E-state index contributed by atoms with van der Waals surface area (Å²) in [5.74, 6) is -0.277. The third-order valence-corrected chi connectivity index (χ3v) is 3.77. The predicted molar refractivity (Wildman–Crippen MR) is 102 cm³/mol. The highest BCUT2D eigenvalue weighted by Gasteiger charge is 2.10. The normalized spacial score (nSPS) is 10.2. The minimum atomic E-state index is -0.147. The van der Waals surface area contributed by atoms with Crippen molar-refractivity contribution in [2.75, 3.05) is 30.4 Å². The number of amides is 2. The number of carbonyl (C=O) groups excluding carboxylic acids is 2. The molecule has 0 unspecified atom stereocenters. The van der Waals surface area contributed by atoms with Crippen LogP contribution < -0.4 is 15.5 Å². The molecule has 2 aromatic rings. The number of likely N-dealkylation sites (N-methyl/N-ethyl adjacent to an activating group) is 1. The zero-order chi connectivity index (χ0) is 18.4. The molecular formula is C20H25N3O2. The van der Waals surface area contributed by atoms with E-state index in [4.69, 9.17) is 0 Å². The summed E-state index contributed by atoms with van der Waals surface area (Å²) in [6, 6.07) is 13.1. The molecule has 2 aromatic carbocycles. The molecule has 0 heterocycles. The van der Waals surface area contributed by atoms with Gasteiger partial charge in [0.1, 0.15) is 0 Å². The number of nitrogens with zero attached hydrogens (tertiary/aromatic N) is 1. The highest BCUT2D eigenvalue weighted by Crippen LogP contribution is 2.17. The highest BCUT2D eigenvalue weighted by molar-refractivity contribution is 5.98. The maximum absolute atomic E-state index is 12.3. The molecule has 2 amide bonds. The first kappa shape index (κ1) is 18.5. The van der Waals surface area contributed by atoms with E-state index in [0.29, 0.717) is 17.8 Å². The SMILES string of the molecule is CCNC(=O)c1cccc(NC(=O)CN(C)c2cc(C)cc(C)c2)c1. The molecule has 2 N–H and O–H groups in total. The Hall–Kier alpha value is -2.82. The predicted octanol–water partition coefficient (Wildman–Crippen LogP) is 3.13. The van der Waals surface area contributed by atoms with E-state index in [1.54, 1.807) is 24.3 Å². The van der Waals surface area contributed by atoms with Crippen molar-refractivity contribution in [3.63, 3.8) is 0 Å². The van der Waals surface area contributed by atoms with Gasteiger partial charge in [0.05, 0.1) is 6.54 Å². The van der Waals surface area contributed by atoms with Gasteiger partial charge in [-0.3, -0.25) is 9.59 Å². The molecule has 25 heavy (non-hydrogen) atoms. The Labute approximate surface area is 149 Å². The van der Waals surface area contributed by atoms with Crippen LogP contribution in [-0.4, -0.2) is 32.0 Å². The summed E-state index contributed by atoms with van der Waals surface area (Å²) >= 11 is 0. The van der Waals surface area contributed by atoms with Crippen molar-refractivity contribution in [3.05, 3.63) is 59.2 Å². The zero-order valence-corrected chi connectivity index (χ0v) is 15.2. The maximum Gasteiger partial charge on any atom is 0.251 e. The summed E-state index contributed by atoms with van der Waals surface area (Å²) in [4.78, 5) is 26.1. The monoisotopic (exact) mass is 339 g/mol. The summed E-state index contributed by atoms with van der Waals surface area (Å²) in [7, 11) is 1.89.